The van der Waals surface area contributed by atoms with Crippen molar-refractivity contribution in [1.29, 1.82) is 0 Å². The zero-order valence-corrected chi connectivity index (χ0v) is 7.66. The molecular formula is C10H20N. The molecule has 0 atom stereocenters. The van der Waals surface area contributed by atoms with Gasteiger partial charge in [0.1, 0.15) is 0 Å². The molecule has 0 saturated heterocycles. The fourth-order valence-electron chi connectivity index (χ4n) is 1.74. The van der Waals surface area contributed by atoms with Gasteiger partial charge in [-0.05, 0) is 25.7 Å². The maximum absolute atomic E-state index is 7.90. The minimum atomic E-state index is 0.0216. The third-order valence-electron chi connectivity index (χ3n) is 2.82. The minimum Gasteiger partial charge on any atom is -0.251 e. The lowest BCUT2D eigenvalue weighted by Crippen LogP contribution is -2.38. The van der Waals surface area contributed by atoms with E-state index in [1.807, 2.05) is 0 Å². The molecule has 1 rings (SSSR count). The van der Waals surface area contributed by atoms with E-state index >= 15 is 0 Å². The van der Waals surface area contributed by atoms with E-state index in [4.69, 9.17) is 5.73 Å². The molecule has 1 nitrogen and oxygen atoms in total. The van der Waals surface area contributed by atoms with Crippen LogP contribution in [0, 0.1) is 0 Å². The number of hydrogen-bond donors (Lipinski definition) is 0. The first kappa shape index (κ1) is 9.05. The summed E-state index contributed by atoms with van der Waals surface area (Å²) in [6, 6.07) is 0. The van der Waals surface area contributed by atoms with Gasteiger partial charge in [-0.15, -0.1) is 0 Å². The molecule has 11 heavy (non-hydrogen) atoms. The third kappa shape index (κ3) is 2.82. The quantitative estimate of drug-likeness (QED) is 0.543. The summed E-state index contributed by atoms with van der Waals surface area (Å²) >= 11 is 0. The van der Waals surface area contributed by atoms with Gasteiger partial charge in [0.25, 0.3) is 0 Å². The Morgan fingerprint density at radius 3 is 2.36 bits per heavy atom. The molecule has 65 valence electrons. The first-order valence-corrected chi connectivity index (χ1v) is 5.02. The smallest absolute Gasteiger partial charge is 0.0324 e. The Labute approximate surface area is 70.4 Å². The van der Waals surface area contributed by atoms with Crippen molar-refractivity contribution in [3.8, 4) is 0 Å². The van der Waals surface area contributed by atoms with E-state index < -0.39 is 0 Å². The molecule has 1 aliphatic rings. The summed E-state index contributed by atoms with van der Waals surface area (Å²) in [5, 5.41) is 0. The molecule has 1 fully saturated rings. The summed E-state index contributed by atoms with van der Waals surface area (Å²) in [7, 11) is 0. The number of rotatable bonds is 5. The van der Waals surface area contributed by atoms with Gasteiger partial charge in [0, 0.05) is 5.54 Å². The SMILES string of the molecule is CCCCCCC1([NH])CCC1. The van der Waals surface area contributed by atoms with Gasteiger partial charge >= 0.3 is 0 Å². The van der Waals surface area contributed by atoms with Crippen LogP contribution in [0.25, 0.3) is 0 Å². The van der Waals surface area contributed by atoms with Gasteiger partial charge in [0.15, 0.2) is 0 Å². The molecule has 0 amide bonds. The van der Waals surface area contributed by atoms with E-state index in [1.165, 1.54) is 44.9 Å². The molecule has 0 aromatic rings. The second kappa shape index (κ2) is 4.10. The van der Waals surface area contributed by atoms with Crippen molar-refractivity contribution >= 4 is 0 Å². The van der Waals surface area contributed by atoms with Crippen molar-refractivity contribution in [2.45, 2.75) is 63.8 Å². The highest BCUT2D eigenvalue weighted by atomic mass is 14.8. The van der Waals surface area contributed by atoms with Crippen LogP contribution in [-0.4, -0.2) is 5.54 Å². The highest BCUT2D eigenvalue weighted by Crippen LogP contribution is 2.35. The molecule has 0 aromatic heterocycles. The van der Waals surface area contributed by atoms with Gasteiger partial charge in [-0.1, -0.05) is 32.6 Å². The summed E-state index contributed by atoms with van der Waals surface area (Å²) in [4.78, 5) is 0. The van der Waals surface area contributed by atoms with Gasteiger partial charge in [-0.25, -0.2) is 0 Å². The van der Waals surface area contributed by atoms with Crippen LogP contribution in [0.1, 0.15) is 58.3 Å². The highest BCUT2D eigenvalue weighted by molar-refractivity contribution is 4.91. The molecule has 1 heteroatoms. The predicted molar refractivity (Wildman–Crippen MR) is 48.4 cm³/mol. The molecule has 0 aromatic carbocycles. The lowest BCUT2D eigenvalue weighted by molar-refractivity contribution is 0.214. The Balaban J connectivity index is 1.94. The average Bonchev–Trinajstić information content (AvgIpc) is 1.95. The molecule has 1 N–H and O–H groups in total. The largest absolute Gasteiger partial charge is 0.251 e. The Kier molecular flexibility index (Phi) is 3.38. The second-order valence-electron chi connectivity index (χ2n) is 3.94. The van der Waals surface area contributed by atoms with E-state index in [-0.39, 0.29) is 5.54 Å². The van der Waals surface area contributed by atoms with Crippen LogP contribution in [0.3, 0.4) is 0 Å². The second-order valence-corrected chi connectivity index (χ2v) is 3.94. The lowest BCUT2D eigenvalue weighted by atomic mass is 9.74. The maximum atomic E-state index is 7.90. The molecule has 0 heterocycles. The van der Waals surface area contributed by atoms with Crippen LogP contribution in [0.5, 0.6) is 0 Å². The van der Waals surface area contributed by atoms with Crippen molar-refractivity contribution in [2.24, 2.45) is 0 Å². The Hall–Kier alpha value is -0.0400. The summed E-state index contributed by atoms with van der Waals surface area (Å²) in [5.41, 5.74) is 7.92. The third-order valence-corrected chi connectivity index (χ3v) is 2.82. The van der Waals surface area contributed by atoms with Gasteiger partial charge in [-0.3, -0.25) is 5.73 Å². The lowest BCUT2D eigenvalue weighted by Gasteiger charge is -2.37. The Morgan fingerprint density at radius 1 is 1.18 bits per heavy atom. The number of unbranched alkanes of at least 4 members (excludes halogenated alkanes) is 3. The first-order valence-electron chi connectivity index (χ1n) is 5.02. The minimum absolute atomic E-state index is 0.0216. The van der Waals surface area contributed by atoms with E-state index in [0.717, 1.165) is 6.42 Å². The van der Waals surface area contributed by atoms with E-state index in [9.17, 15) is 0 Å². The van der Waals surface area contributed by atoms with Crippen molar-refractivity contribution in [2.75, 3.05) is 0 Å². The Morgan fingerprint density at radius 2 is 1.91 bits per heavy atom. The van der Waals surface area contributed by atoms with Crippen LogP contribution in [0.2, 0.25) is 0 Å². The molecular weight excluding hydrogens is 134 g/mol. The van der Waals surface area contributed by atoms with Gasteiger partial charge in [0.05, 0.1) is 0 Å². The van der Waals surface area contributed by atoms with Crippen molar-refractivity contribution in [1.82, 2.24) is 5.73 Å². The zero-order chi connectivity index (χ0) is 8.16. The van der Waals surface area contributed by atoms with E-state index in [0.29, 0.717) is 0 Å². The van der Waals surface area contributed by atoms with Crippen LogP contribution in [0.15, 0.2) is 0 Å². The van der Waals surface area contributed by atoms with Gasteiger partial charge in [0.2, 0.25) is 0 Å². The monoisotopic (exact) mass is 154 g/mol. The number of nitrogens with one attached hydrogen (secondary N) is 1. The fraction of sp³-hybridized carbons (Fsp3) is 1.00. The summed E-state index contributed by atoms with van der Waals surface area (Å²) in [6.45, 7) is 2.24. The van der Waals surface area contributed by atoms with Crippen molar-refractivity contribution < 1.29 is 0 Å². The maximum Gasteiger partial charge on any atom is 0.0324 e. The fourth-order valence-corrected chi connectivity index (χ4v) is 1.74. The summed E-state index contributed by atoms with van der Waals surface area (Å²) < 4.78 is 0. The van der Waals surface area contributed by atoms with Crippen LogP contribution >= 0.6 is 0 Å². The van der Waals surface area contributed by atoms with Crippen LogP contribution < -0.4 is 5.73 Å². The van der Waals surface area contributed by atoms with Gasteiger partial charge < -0.3 is 0 Å². The van der Waals surface area contributed by atoms with Gasteiger partial charge in [-0.2, -0.15) is 0 Å². The zero-order valence-electron chi connectivity index (χ0n) is 7.66. The Bertz CT molecular complexity index is 105. The predicted octanol–water partition coefficient (Wildman–Crippen LogP) is 3.16. The summed E-state index contributed by atoms with van der Waals surface area (Å²) in [5.74, 6) is 0. The first-order chi connectivity index (χ1) is 5.27. The normalized spacial score (nSPS) is 21.3. The summed E-state index contributed by atoms with van der Waals surface area (Å²) in [6.07, 6.45) is 10.1. The molecule has 1 aliphatic carbocycles. The molecule has 0 bridgehead atoms. The molecule has 1 saturated carbocycles. The molecule has 0 spiro atoms. The van der Waals surface area contributed by atoms with Crippen LogP contribution in [-0.2, 0) is 0 Å². The van der Waals surface area contributed by atoms with Crippen molar-refractivity contribution in [3.63, 3.8) is 0 Å². The highest BCUT2D eigenvalue weighted by Gasteiger charge is 2.32. The van der Waals surface area contributed by atoms with E-state index in [1.54, 1.807) is 0 Å². The van der Waals surface area contributed by atoms with E-state index in [2.05, 4.69) is 6.92 Å². The molecule has 0 aliphatic heterocycles. The molecule has 0 unspecified atom stereocenters. The standard InChI is InChI=1S/C10H20N/c1-2-3-4-5-7-10(11)8-6-9-10/h11H,2-9H2,1H3. The number of hydrogen-bond acceptors (Lipinski definition) is 0. The van der Waals surface area contributed by atoms with Crippen molar-refractivity contribution in [3.05, 3.63) is 0 Å². The molecule has 1 radical (unpaired) electrons. The topological polar surface area (TPSA) is 23.8 Å². The van der Waals surface area contributed by atoms with Crippen LogP contribution in [0.4, 0.5) is 0 Å². The average molecular weight is 154 g/mol.